The van der Waals surface area contributed by atoms with E-state index in [1.807, 2.05) is 31.4 Å². The number of carbonyl (C=O) groups excluding carboxylic acids is 1. The molecule has 0 saturated carbocycles. The van der Waals surface area contributed by atoms with Crippen LogP contribution >= 0.6 is 11.3 Å². The summed E-state index contributed by atoms with van der Waals surface area (Å²) in [4.78, 5) is 17.9. The van der Waals surface area contributed by atoms with Crippen LogP contribution in [0.3, 0.4) is 0 Å². The van der Waals surface area contributed by atoms with Crippen LogP contribution in [0.2, 0.25) is 0 Å². The quantitative estimate of drug-likeness (QED) is 0.875. The minimum atomic E-state index is -0.650. The first kappa shape index (κ1) is 17.4. The zero-order valence-corrected chi connectivity index (χ0v) is 14.7. The molecule has 1 amide bonds. The highest BCUT2D eigenvalue weighted by molar-refractivity contribution is 7.12. The molecule has 1 aromatic heterocycles. The van der Waals surface area contributed by atoms with Crippen molar-refractivity contribution < 1.29 is 9.90 Å². The molecular formula is C17H28N2O2S. The van der Waals surface area contributed by atoms with Crippen LogP contribution in [-0.4, -0.2) is 58.6 Å². The summed E-state index contributed by atoms with van der Waals surface area (Å²) in [5, 5.41) is 11.9. The molecule has 4 nitrogen and oxygen atoms in total. The molecule has 0 radical (unpaired) electrons. The molecule has 1 aliphatic heterocycles. The van der Waals surface area contributed by atoms with Crippen molar-refractivity contribution in [2.45, 2.75) is 51.7 Å². The lowest BCUT2D eigenvalue weighted by atomic mass is 10.0. The fraction of sp³-hybridized carbons (Fsp3) is 0.706. The van der Waals surface area contributed by atoms with E-state index in [1.165, 1.54) is 11.3 Å². The van der Waals surface area contributed by atoms with E-state index in [0.29, 0.717) is 12.6 Å². The average molecular weight is 324 g/mol. The van der Waals surface area contributed by atoms with Gasteiger partial charge in [-0.1, -0.05) is 13.0 Å². The van der Waals surface area contributed by atoms with E-state index < -0.39 is 5.60 Å². The number of β-amino-alcohol motifs (C(OH)–C–C–N with tert-alkyl or cyclic N) is 1. The molecule has 1 N–H and O–H groups in total. The number of aliphatic hydroxyl groups is 1. The van der Waals surface area contributed by atoms with E-state index in [9.17, 15) is 9.90 Å². The number of hydrogen-bond acceptors (Lipinski definition) is 4. The van der Waals surface area contributed by atoms with Gasteiger partial charge >= 0.3 is 0 Å². The van der Waals surface area contributed by atoms with Crippen LogP contribution in [0.5, 0.6) is 0 Å². The summed E-state index contributed by atoms with van der Waals surface area (Å²) in [5.41, 5.74) is -0.650. The largest absolute Gasteiger partial charge is 0.389 e. The SMILES string of the molecule is CCCN(C(=O)c1cccs1)C1CCN(CC(C)(C)O)CC1. The first-order valence-electron chi connectivity index (χ1n) is 8.20. The molecule has 0 aromatic carbocycles. The smallest absolute Gasteiger partial charge is 0.264 e. The summed E-state index contributed by atoms with van der Waals surface area (Å²) in [5.74, 6) is 0.179. The molecule has 2 heterocycles. The van der Waals surface area contributed by atoms with Gasteiger partial charge in [-0.2, -0.15) is 0 Å². The predicted octanol–water partition coefficient (Wildman–Crippen LogP) is 2.84. The van der Waals surface area contributed by atoms with Crippen LogP contribution in [0.1, 0.15) is 49.7 Å². The summed E-state index contributed by atoms with van der Waals surface area (Å²) in [6.45, 7) is 9.25. The van der Waals surface area contributed by atoms with E-state index >= 15 is 0 Å². The van der Waals surface area contributed by atoms with Gasteiger partial charge in [-0.3, -0.25) is 4.79 Å². The van der Waals surface area contributed by atoms with Crippen molar-refractivity contribution >= 4 is 17.2 Å². The lowest BCUT2D eigenvalue weighted by molar-refractivity contribution is 0.0167. The molecule has 2 rings (SSSR count). The first-order chi connectivity index (χ1) is 10.4. The monoisotopic (exact) mass is 324 g/mol. The third-order valence-electron chi connectivity index (χ3n) is 4.07. The molecule has 1 fully saturated rings. The van der Waals surface area contributed by atoms with Gasteiger partial charge in [0.25, 0.3) is 5.91 Å². The predicted molar refractivity (Wildman–Crippen MR) is 91.4 cm³/mol. The Bertz CT molecular complexity index is 460. The second-order valence-electron chi connectivity index (χ2n) is 6.80. The Balaban J connectivity index is 1.95. The summed E-state index contributed by atoms with van der Waals surface area (Å²) in [6, 6.07) is 4.18. The van der Waals surface area contributed by atoms with Crippen molar-refractivity contribution in [2.24, 2.45) is 0 Å². The summed E-state index contributed by atoms with van der Waals surface area (Å²) < 4.78 is 0. The molecule has 0 aliphatic carbocycles. The molecule has 1 saturated heterocycles. The molecule has 1 aromatic rings. The normalized spacial score (nSPS) is 17.6. The zero-order valence-electron chi connectivity index (χ0n) is 13.9. The Labute approximate surface area is 137 Å². The maximum atomic E-state index is 12.7. The standard InChI is InChI=1S/C17H28N2O2S/c1-4-9-19(16(20)15-6-5-12-22-15)14-7-10-18(11-8-14)13-17(2,3)21/h5-6,12,14,21H,4,7-11,13H2,1-3H3. The summed E-state index contributed by atoms with van der Waals surface area (Å²) in [6.07, 6.45) is 2.97. The fourth-order valence-corrected chi connectivity index (χ4v) is 3.85. The van der Waals surface area contributed by atoms with E-state index in [4.69, 9.17) is 0 Å². The number of piperidine rings is 1. The topological polar surface area (TPSA) is 43.8 Å². The molecule has 22 heavy (non-hydrogen) atoms. The molecule has 0 unspecified atom stereocenters. The van der Waals surface area contributed by atoms with Crippen LogP contribution in [0.25, 0.3) is 0 Å². The third-order valence-corrected chi connectivity index (χ3v) is 4.92. The maximum Gasteiger partial charge on any atom is 0.264 e. The Morgan fingerprint density at radius 3 is 2.64 bits per heavy atom. The Hall–Kier alpha value is -0.910. The number of likely N-dealkylation sites (tertiary alicyclic amines) is 1. The molecule has 0 atom stereocenters. The molecule has 124 valence electrons. The maximum absolute atomic E-state index is 12.7. The molecule has 0 spiro atoms. The number of nitrogens with zero attached hydrogens (tertiary/aromatic N) is 2. The van der Waals surface area contributed by atoms with E-state index in [-0.39, 0.29) is 5.91 Å². The Morgan fingerprint density at radius 1 is 1.45 bits per heavy atom. The van der Waals surface area contributed by atoms with Crippen molar-refractivity contribution in [3.8, 4) is 0 Å². The molecule has 0 bridgehead atoms. The number of thiophene rings is 1. The fourth-order valence-electron chi connectivity index (χ4n) is 3.17. The number of carbonyl (C=O) groups is 1. The van der Waals surface area contributed by atoms with Crippen LogP contribution in [-0.2, 0) is 0 Å². The van der Waals surface area contributed by atoms with Crippen molar-refractivity contribution in [1.29, 1.82) is 0 Å². The van der Waals surface area contributed by atoms with Crippen LogP contribution in [0.15, 0.2) is 17.5 Å². The van der Waals surface area contributed by atoms with Crippen molar-refractivity contribution in [3.05, 3.63) is 22.4 Å². The van der Waals surface area contributed by atoms with Crippen LogP contribution < -0.4 is 0 Å². The highest BCUT2D eigenvalue weighted by Crippen LogP contribution is 2.22. The highest BCUT2D eigenvalue weighted by atomic mass is 32.1. The summed E-state index contributed by atoms with van der Waals surface area (Å²) in [7, 11) is 0. The second kappa shape index (κ2) is 7.57. The lowest BCUT2D eigenvalue weighted by Gasteiger charge is -2.40. The average Bonchev–Trinajstić information content (AvgIpc) is 2.97. The molecule has 1 aliphatic rings. The highest BCUT2D eigenvalue weighted by Gasteiger charge is 2.30. The van der Waals surface area contributed by atoms with Crippen molar-refractivity contribution in [3.63, 3.8) is 0 Å². The van der Waals surface area contributed by atoms with Crippen LogP contribution in [0, 0.1) is 0 Å². The van der Waals surface area contributed by atoms with Gasteiger partial charge in [-0.05, 0) is 44.6 Å². The Kier molecular flexibility index (Phi) is 6.01. The van der Waals surface area contributed by atoms with E-state index in [1.54, 1.807) is 0 Å². The number of rotatable bonds is 6. The van der Waals surface area contributed by atoms with Crippen LogP contribution in [0.4, 0.5) is 0 Å². The minimum Gasteiger partial charge on any atom is -0.389 e. The number of amides is 1. The van der Waals surface area contributed by atoms with Gasteiger partial charge in [0.2, 0.25) is 0 Å². The van der Waals surface area contributed by atoms with Gasteiger partial charge in [0.05, 0.1) is 10.5 Å². The Morgan fingerprint density at radius 2 is 2.14 bits per heavy atom. The van der Waals surface area contributed by atoms with E-state index in [2.05, 4.69) is 16.7 Å². The lowest BCUT2D eigenvalue weighted by Crippen LogP contribution is -2.50. The van der Waals surface area contributed by atoms with Gasteiger partial charge in [0.15, 0.2) is 0 Å². The van der Waals surface area contributed by atoms with Gasteiger partial charge in [0.1, 0.15) is 0 Å². The van der Waals surface area contributed by atoms with E-state index in [0.717, 1.165) is 43.8 Å². The van der Waals surface area contributed by atoms with Gasteiger partial charge < -0.3 is 14.9 Å². The minimum absolute atomic E-state index is 0.179. The second-order valence-corrected chi connectivity index (χ2v) is 7.74. The molecular weight excluding hydrogens is 296 g/mol. The van der Waals surface area contributed by atoms with Crippen molar-refractivity contribution in [1.82, 2.24) is 9.80 Å². The zero-order chi connectivity index (χ0) is 16.2. The first-order valence-corrected chi connectivity index (χ1v) is 9.08. The van der Waals surface area contributed by atoms with Gasteiger partial charge in [0, 0.05) is 32.2 Å². The number of hydrogen-bond donors (Lipinski definition) is 1. The van der Waals surface area contributed by atoms with Gasteiger partial charge in [-0.15, -0.1) is 11.3 Å². The summed E-state index contributed by atoms with van der Waals surface area (Å²) >= 11 is 1.52. The molecule has 5 heteroatoms. The van der Waals surface area contributed by atoms with Crippen molar-refractivity contribution in [2.75, 3.05) is 26.2 Å². The van der Waals surface area contributed by atoms with Gasteiger partial charge in [-0.25, -0.2) is 0 Å². The third kappa shape index (κ3) is 4.80.